The van der Waals surface area contributed by atoms with Crippen molar-refractivity contribution < 1.29 is 0 Å². The molecule has 2 radical (unpaired) electrons. The van der Waals surface area contributed by atoms with Gasteiger partial charge < -0.3 is 0 Å². The third-order valence-electron chi connectivity index (χ3n) is 1.60. The van der Waals surface area contributed by atoms with Crippen molar-refractivity contribution in [3.63, 3.8) is 0 Å². The summed E-state index contributed by atoms with van der Waals surface area (Å²) in [7, 11) is 0. The van der Waals surface area contributed by atoms with Gasteiger partial charge in [-0.15, -0.1) is 0 Å². The summed E-state index contributed by atoms with van der Waals surface area (Å²) in [6.45, 7) is 0. The van der Waals surface area contributed by atoms with E-state index >= 15 is 0 Å². The largest absolute Gasteiger partial charge is 0.0894 e. The van der Waals surface area contributed by atoms with Crippen LogP contribution in [-0.4, -0.2) is 0 Å². The molecule has 0 aromatic heterocycles. The van der Waals surface area contributed by atoms with Gasteiger partial charge in [-0.05, 0) is 36.4 Å². The Bertz CT molecular complexity index is 316. The predicted octanol–water partition coefficient (Wildman–Crippen LogP) is 3.44. The standard InChI is InChI=1S/C12H8S/c1-3-7-11(8-4-1)13-12-9-5-2-6-10-12/h1,3-9H. The first kappa shape index (κ1) is 8.39. The third-order valence-corrected chi connectivity index (χ3v) is 2.58. The van der Waals surface area contributed by atoms with Crippen molar-refractivity contribution in [2.45, 2.75) is 9.79 Å². The van der Waals surface area contributed by atoms with Crippen LogP contribution in [0.4, 0.5) is 0 Å². The molecule has 0 atom stereocenters. The van der Waals surface area contributed by atoms with Gasteiger partial charge in [-0.3, -0.25) is 0 Å². The topological polar surface area (TPSA) is 0 Å². The fourth-order valence-electron chi connectivity index (χ4n) is 1.01. The summed E-state index contributed by atoms with van der Waals surface area (Å²) in [5.41, 5.74) is 0. The summed E-state index contributed by atoms with van der Waals surface area (Å²) < 4.78 is 0. The molecule has 0 saturated heterocycles. The van der Waals surface area contributed by atoms with Crippen LogP contribution in [0.1, 0.15) is 0 Å². The lowest BCUT2D eigenvalue weighted by molar-refractivity contribution is 1.39. The van der Waals surface area contributed by atoms with E-state index in [9.17, 15) is 0 Å². The zero-order valence-corrected chi connectivity index (χ0v) is 7.84. The van der Waals surface area contributed by atoms with Crippen molar-refractivity contribution in [3.05, 3.63) is 60.7 Å². The molecule has 0 bridgehead atoms. The highest BCUT2D eigenvalue weighted by atomic mass is 32.2. The minimum atomic E-state index is 1.13. The molecule has 2 aromatic carbocycles. The maximum Gasteiger partial charge on any atom is 0.0201 e. The molecular formula is C12H8S. The van der Waals surface area contributed by atoms with Crippen molar-refractivity contribution in [2.24, 2.45) is 0 Å². The van der Waals surface area contributed by atoms with E-state index in [4.69, 9.17) is 0 Å². The number of hydrogen-bond donors (Lipinski definition) is 0. The number of benzene rings is 2. The quantitative estimate of drug-likeness (QED) is 0.689. The Balaban J connectivity index is 2.16. The van der Waals surface area contributed by atoms with Gasteiger partial charge in [0.1, 0.15) is 0 Å². The highest BCUT2D eigenvalue weighted by Crippen LogP contribution is 2.25. The van der Waals surface area contributed by atoms with Gasteiger partial charge >= 0.3 is 0 Å². The second-order valence-electron chi connectivity index (χ2n) is 2.57. The van der Waals surface area contributed by atoms with E-state index in [0.29, 0.717) is 0 Å². The van der Waals surface area contributed by atoms with E-state index in [0.717, 1.165) is 4.90 Å². The van der Waals surface area contributed by atoms with Crippen molar-refractivity contribution in [1.29, 1.82) is 0 Å². The Labute approximate surface area is 82.6 Å². The molecule has 0 amide bonds. The van der Waals surface area contributed by atoms with Crippen molar-refractivity contribution in [1.82, 2.24) is 0 Å². The minimum absolute atomic E-state index is 1.13. The van der Waals surface area contributed by atoms with E-state index in [1.165, 1.54) is 4.90 Å². The van der Waals surface area contributed by atoms with Gasteiger partial charge in [-0.25, -0.2) is 0 Å². The third kappa shape index (κ3) is 2.36. The van der Waals surface area contributed by atoms with Gasteiger partial charge in [0.15, 0.2) is 0 Å². The van der Waals surface area contributed by atoms with E-state index in [2.05, 4.69) is 24.3 Å². The van der Waals surface area contributed by atoms with Crippen LogP contribution < -0.4 is 0 Å². The van der Waals surface area contributed by atoms with Crippen LogP contribution in [0.3, 0.4) is 0 Å². The summed E-state index contributed by atoms with van der Waals surface area (Å²) >= 11 is 1.71. The summed E-state index contributed by atoms with van der Waals surface area (Å²) in [6.07, 6.45) is 0. The van der Waals surface area contributed by atoms with E-state index in [1.807, 2.05) is 36.4 Å². The van der Waals surface area contributed by atoms with Crippen LogP contribution in [0.5, 0.6) is 0 Å². The lowest BCUT2D eigenvalue weighted by Gasteiger charge is -1.98. The molecule has 0 N–H and O–H groups in total. The Hall–Kier alpha value is -1.21. The SMILES string of the molecule is [c]1c[c]c(Sc2ccccc2)cc1. The van der Waals surface area contributed by atoms with Gasteiger partial charge in [0.05, 0.1) is 0 Å². The second kappa shape index (κ2) is 4.15. The first-order chi connectivity index (χ1) is 6.45. The van der Waals surface area contributed by atoms with Crippen LogP contribution in [0, 0.1) is 12.1 Å². The maximum atomic E-state index is 3.12. The highest BCUT2D eigenvalue weighted by Gasteiger charge is 1.93. The van der Waals surface area contributed by atoms with Gasteiger partial charge in [-0.2, -0.15) is 0 Å². The fourth-order valence-corrected chi connectivity index (χ4v) is 1.81. The Morgan fingerprint density at radius 3 is 2.54 bits per heavy atom. The smallest absolute Gasteiger partial charge is 0.0201 e. The molecule has 62 valence electrons. The second-order valence-corrected chi connectivity index (χ2v) is 3.68. The Kier molecular flexibility index (Phi) is 2.68. The number of rotatable bonds is 2. The molecule has 0 heterocycles. The van der Waals surface area contributed by atoms with Crippen molar-refractivity contribution in [3.8, 4) is 0 Å². The average Bonchev–Trinajstić information content (AvgIpc) is 2.21. The summed E-state index contributed by atoms with van der Waals surface area (Å²) in [5, 5.41) is 0. The Morgan fingerprint density at radius 2 is 1.85 bits per heavy atom. The molecular weight excluding hydrogens is 176 g/mol. The molecule has 2 rings (SSSR count). The lowest BCUT2D eigenvalue weighted by atomic mass is 10.4. The maximum absolute atomic E-state index is 3.12. The molecule has 0 nitrogen and oxygen atoms in total. The van der Waals surface area contributed by atoms with E-state index in [1.54, 1.807) is 11.8 Å². The zero-order chi connectivity index (χ0) is 8.93. The lowest BCUT2D eigenvalue weighted by Crippen LogP contribution is -1.71. The molecule has 1 heteroatoms. The van der Waals surface area contributed by atoms with Crippen LogP contribution in [0.2, 0.25) is 0 Å². The average molecular weight is 184 g/mol. The highest BCUT2D eigenvalue weighted by molar-refractivity contribution is 7.99. The molecule has 0 aliphatic heterocycles. The van der Waals surface area contributed by atoms with Gasteiger partial charge in [0.2, 0.25) is 0 Å². The van der Waals surface area contributed by atoms with E-state index in [-0.39, 0.29) is 0 Å². The molecule has 0 unspecified atom stereocenters. The van der Waals surface area contributed by atoms with Crippen LogP contribution in [0.15, 0.2) is 58.3 Å². The van der Waals surface area contributed by atoms with Crippen molar-refractivity contribution in [2.75, 3.05) is 0 Å². The van der Waals surface area contributed by atoms with Gasteiger partial charge in [0, 0.05) is 9.79 Å². The summed E-state index contributed by atoms with van der Waals surface area (Å²) in [6, 6.07) is 22.1. The number of hydrogen-bond acceptors (Lipinski definition) is 1. The summed E-state index contributed by atoms with van der Waals surface area (Å²) in [5.74, 6) is 0. The molecule has 0 saturated carbocycles. The molecule has 0 aliphatic carbocycles. The molecule has 2 aromatic rings. The van der Waals surface area contributed by atoms with Crippen LogP contribution in [0.25, 0.3) is 0 Å². The van der Waals surface area contributed by atoms with Crippen LogP contribution >= 0.6 is 11.8 Å². The van der Waals surface area contributed by atoms with E-state index < -0.39 is 0 Å². The fraction of sp³-hybridized carbons (Fsp3) is 0. The molecule has 0 fully saturated rings. The first-order valence-electron chi connectivity index (χ1n) is 4.06. The van der Waals surface area contributed by atoms with Gasteiger partial charge in [0.25, 0.3) is 0 Å². The summed E-state index contributed by atoms with van der Waals surface area (Å²) in [4.78, 5) is 2.37. The van der Waals surface area contributed by atoms with Crippen LogP contribution in [-0.2, 0) is 0 Å². The van der Waals surface area contributed by atoms with Gasteiger partial charge in [-0.1, -0.05) is 36.0 Å². The monoisotopic (exact) mass is 184 g/mol. The predicted molar refractivity (Wildman–Crippen MR) is 54.7 cm³/mol. The Morgan fingerprint density at radius 1 is 1.00 bits per heavy atom. The molecule has 0 spiro atoms. The van der Waals surface area contributed by atoms with Crippen molar-refractivity contribution >= 4 is 11.8 Å². The first-order valence-corrected chi connectivity index (χ1v) is 4.87. The zero-order valence-electron chi connectivity index (χ0n) is 7.03. The minimum Gasteiger partial charge on any atom is -0.0894 e. The molecule has 13 heavy (non-hydrogen) atoms. The normalized spacial score (nSPS) is 9.85. The molecule has 0 aliphatic rings.